The highest BCUT2D eigenvalue weighted by Gasteiger charge is 2.51. The smallest absolute Gasteiger partial charge is 0.407 e. The number of hydrogen-bond donors (Lipinski definition) is 1. The number of ether oxygens (including phenoxy) is 8. The molecular weight excluding hydrogens is 855 g/mol. The maximum Gasteiger partial charge on any atom is 0.407 e. The van der Waals surface area contributed by atoms with Gasteiger partial charge in [-0.25, -0.2) is 4.79 Å². The molecule has 356 valence electrons. The van der Waals surface area contributed by atoms with E-state index in [1.165, 1.54) is 4.90 Å². The van der Waals surface area contributed by atoms with Crippen LogP contribution in [-0.2, 0) is 43.5 Å². The predicted molar refractivity (Wildman–Crippen MR) is 263 cm³/mol. The number of carbonyl (C=O) groups is 1. The Bertz CT molecular complexity index is 1960. The van der Waals surface area contributed by atoms with Crippen LogP contribution in [0.3, 0.4) is 0 Å². The van der Waals surface area contributed by atoms with Crippen LogP contribution in [0, 0.1) is 5.41 Å². The molecule has 65 heavy (non-hydrogen) atoms. The van der Waals surface area contributed by atoms with Gasteiger partial charge in [0.25, 0.3) is 0 Å². The van der Waals surface area contributed by atoms with E-state index in [2.05, 4.69) is 84.3 Å². The van der Waals surface area contributed by atoms with Crippen LogP contribution >= 0.6 is 0 Å². The van der Waals surface area contributed by atoms with Crippen LogP contribution in [0.5, 0.6) is 17.2 Å². The SMILES string of the molecule is CC(C)(C)C1[C@H](OCc2ccc(OCOCC[Si](C)(C)C)cc2)[C@@H](c2ccc(OCCCOCc3ccccc3)cc2)[C@H](OCc2ccc(OCOCC[Si](C)(C)C)cc2)CN1C(=O)O. The Balaban J connectivity index is 1.31. The number of carboxylic acid groups (broad SMARTS) is 1. The minimum absolute atomic E-state index is 0.172. The Hall–Kier alpha value is -4.22. The number of piperidine rings is 1. The molecule has 1 aliphatic rings. The van der Waals surface area contributed by atoms with Crippen LogP contribution in [0.25, 0.3) is 0 Å². The molecule has 5 rings (SSSR count). The Morgan fingerprint density at radius 2 is 1.09 bits per heavy atom. The summed E-state index contributed by atoms with van der Waals surface area (Å²) < 4.78 is 48.9. The normalized spacial score (nSPS) is 18.1. The number of nitrogens with zero attached hydrogens (tertiary/aromatic N) is 1. The topological polar surface area (TPSA) is 114 Å². The number of likely N-dealkylation sites (tertiary alicyclic amines) is 1. The average Bonchev–Trinajstić information content (AvgIpc) is 3.25. The van der Waals surface area contributed by atoms with Crippen LogP contribution in [0.15, 0.2) is 103 Å². The molecule has 1 heterocycles. The second-order valence-corrected chi connectivity index (χ2v) is 31.7. The molecule has 4 aromatic carbocycles. The molecule has 1 amide bonds. The minimum atomic E-state index is -1.18. The van der Waals surface area contributed by atoms with Gasteiger partial charge in [0, 0.05) is 41.7 Å². The van der Waals surface area contributed by atoms with E-state index in [1.54, 1.807) is 0 Å². The van der Waals surface area contributed by atoms with Crippen molar-refractivity contribution < 1.29 is 47.8 Å². The third-order valence-electron chi connectivity index (χ3n) is 11.4. The van der Waals surface area contributed by atoms with Gasteiger partial charge >= 0.3 is 6.09 Å². The zero-order chi connectivity index (χ0) is 46.9. The van der Waals surface area contributed by atoms with E-state index in [-0.39, 0.29) is 39.3 Å². The summed E-state index contributed by atoms with van der Waals surface area (Å²) in [6, 6.07) is 35.5. The third kappa shape index (κ3) is 18.2. The van der Waals surface area contributed by atoms with Gasteiger partial charge in [0.05, 0.1) is 57.8 Å². The lowest BCUT2D eigenvalue weighted by molar-refractivity contribution is -0.140. The zero-order valence-corrected chi connectivity index (χ0v) is 42.4. The molecule has 0 bridgehead atoms. The molecule has 0 spiro atoms. The Labute approximate surface area is 390 Å². The van der Waals surface area contributed by atoms with Crippen molar-refractivity contribution in [1.82, 2.24) is 4.90 Å². The van der Waals surface area contributed by atoms with Gasteiger partial charge in [0.15, 0.2) is 13.6 Å². The molecule has 0 aromatic heterocycles. The lowest BCUT2D eigenvalue weighted by atomic mass is 9.71. The van der Waals surface area contributed by atoms with Crippen LogP contribution in [0.4, 0.5) is 4.79 Å². The van der Waals surface area contributed by atoms with E-state index >= 15 is 0 Å². The second-order valence-electron chi connectivity index (χ2n) is 20.5. The number of hydrogen-bond acceptors (Lipinski definition) is 9. The molecule has 0 radical (unpaired) electrons. The zero-order valence-electron chi connectivity index (χ0n) is 40.4. The molecule has 0 aliphatic carbocycles. The standard InChI is InChI=1S/C52H75NO10Si2/c1-52(2,3)50-49(61-37-42-18-24-46(25-19-42)63-39-58-31-33-65(7,8)9)48(43-20-26-44(27-21-43)59-29-13-28-56-35-40-14-11-10-12-15-40)47(34-53(50)51(54)55)60-36-41-16-22-45(23-17-41)62-38-57-30-32-64(4,5)6/h10-12,14-27,47-50H,13,28-39H2,1-9H3,(H,54,55)/t47-,48+,49-,50?/m1/s1. The Morgan fingerprint density at radius 3 is 1.60 bits per heavy atom. The molecule has 4 aromatic rings. The summed E-state index contributed by atoms with van der Waals surface area (Å²) in [6.45, 7) is 24.3. The largest absolute Gasteiger partial charge is 0.494 e. The second kappa shape index (κ2) is 25.1. The first-order valence-electron chi connectivity index (χ1n) is 23.1. The van der Waals surface area contributed by atoms with E-state index in [1.807, 2.05) is 78.9 Å². The average molecular weight is 930 g/mol. The molecule has 1 unspecified atom stereocenters. The third-order valence-corrected chi connectivity index (χ3v) is 14.8. The monoisotopic (exact) mass is 929 g/mol. The van der Waals surface area contributed by atoms with Crippen molar-refractivity contribution >= 4 is 22.2 Å². The highest BCUT2D eigenvalue weighted by Crippen LogP contribution is 2.43. The fraction of sp³-hybridized carbons (Fsp3) is 0.519. The lowest BCUT2D eigenvalue weighted by Crippen LogP contribution is -2.64. The Morgan fingerprint density at radius 1 is 0.600 bits per heavy atom. The van der Waals surface area contributed by atoms with Crippen molar-refractivity contribution in [2.24, 2.45) is 5.41 Å². The first kappa shape index (κ1) is 51.8. The van der Waals surface area contributed by atoms with E-state index in [0.717, 1.165) is 46.5 Å². The summed E-state index contributed by atoms with van der Waals surface area (Å²) in [6.07, 6.45) is -1.36. The van der Waals surface area contributed by atoms with E-state index in [9.17, 15) is 9.90 Å². The van der Waals surface area contributed by atoms with Gasteiger partial charge in [-0.1, -0.05) is 127 Å². The predicted octanol–water partition coefficient (Wildman–Crippen LogP) is 11.7. The maximum absolute atomic E-state index is 13.1. The molecule has 13 heteroatoms. The fourth-order valence-corrected chi connectivity index (χ4v) is 9.19. The minimum Gasteiger partial charge on any atom is -0.494 e. The summed E-state index contributed by atoms with van der Waals surface area (Å²) in [5.74, 6) is 1.85. The van der Waals surface area contributed by atoms with Crippen LogP contribution in [-0.4, -0.2) is 97.1 Å². The molecule has 1 aliphatic heterocycles. The van der Waals surface area contributed by atoms with Gasteiger partial charge in [0.1, 0.15) is 17.2 Å². The molecule has 1 saturated heterocycles. The van der Waals surface area contributed by atoms with E-state index < -0.39 is 45.9 Å². The quantitative estimate of drug-likeness (QED) is 0.0371. The van der Waals surface area contributed by atoms with Gasteiger partial charge < -0.3 is 43.0 Å². The van der Waals surface area contributed by atoms with Gasteiger partial charge in [-0.3, -0.25) is 4.90 Å². The van der Waals surface area contributed by atoms with Gasteiger partial charge in [0.2, 0.25) is 0 Å². The van der Waals surface area contributed by atoms with Crippen molar-refractivity contribution in [2.75, 3.05) is 46.6 Å². The molecule has 1 N–H and O–H groups in total. The highest BCUT2D eigenvalue weighted by molar-refractivity contribution is 6.76. The lowest BCUT2D eigenvalue weighted by Gasteiger charge is -2.52. The summed E-state index contributed by atoms with van der Waals surface area (Å²) >= 11 is 0. The van der Waals surface area contributed by atoms with Crippen molar-refractivity contribution in [3.8, 4) is 17.2 Å². The number of rotatable bonds is 26. The molecular formula is C52H75NO10Si2. The van der Waals surface area contributed by atoms with Crippen molar-refractivity contribution in [2.45, 2.75) is 123 Å². The van der Waals surface area contributed by atoms with Crippen LogP contribution in [0.1, 0.15) is 55.4 Å². The van der Waals surface area contributed by atoms with Crippen molar-refractivity contribution in [1.29, 1.82) is 0 Å². The first-order chi connectivity index (χ1) is 30.9. The molecule has 0 saturated carbocycles. The fourth-order valence-electron chi connectivity index (χ4n) is 7.67. The summed E-state index contributed by atoms with van der Waals surface area (Å²) in [4.78, 5) is 14.7. The maximum atomic E-state index is 13.1. The van der Waals surface area contributed by atoms with E-state index in [0.29, 0.717) is 44.5 Å². The van der Waals surface area contributed by atoms with Gasteiger partial charge in [-0.2, -0.15) is 0 Å². The molecule has 11 nitrogen and oxygen atoms in total. The summed E-state index contributed by atoms with van der Waals surface area (Å²) in [7, 11) is -2.36. The number of amides is 1. The van der Waals surface area contributed by atoms with Crippen molar-refractivity contribution in [3.05, 3.63) is 125 Å². The Kier molecular flexibility index (Phi) is 20.0. The number of benzene rings is 4. The van der Waals surface area contributed by atoms with Crippen molar-refractivity contribution in [3.63, 3.8) is 0 Å². The molecule has 1 fully saturated rings. The van der Waals surface area contributed by atoms with Gasteiger partial charge in [-0.15, -0.1) is 0 Å². The first-order valence-corrected chi connectivity index (χ1v) is 30.5. The van der Waals surface area contributed by atoms with Crippen LogP contribution in [0.2, 0.25) is 51.4 Å². The summed E-state index contributed by atoms with van der Waals surface area (Å²) in [5.41, 5.74) is 3.53. The van der Waals surface area contributed by atoms with Gasteiger partial charge in [-0.05, 0) is 76.2 Å². The highest BCUT2D eigenvalue weighted by atomic mass is 28.3. The van der Waals surface area contributed by atoms with E-state index in [4.69, 9.17) is 37.9 Å². The summed E-state index contributed by atoms with van der Waals surface area (Å²) in [5, 5.41) is 10.8. The van der Waals surface area contributed by atoms with Crippen LogP contribution < -0.4 is 14.2 Å². The molecule has 4 atom stereocenters.